The lowest BCUT2D eigenvalue weighted by Crippen LogP contribution is -2.40. The lowest BCUT2D eigenvalue weighted by molar-refractivity contribution is -0.160. The molecule has 0 aliphatic carbocycles. The minimum Gasteiger partial charge on any atom is -0.468 e. The molecule has 0 fully saturated rings. The van der Waals surface area contributed by atoms with Crippen LogP contribution in [0.25, 0.3) is 0 Å². The Morgan fingerprint density at radius 3 is 2.05 bits per heavy atom. The van der Waals surface area contributed by atoms with E-state index in [1.54, 1.807) is 0 Å². The van der Waals surface area contributed by atoms with Crippen LogP contribution in [0.5, 0.6) is 0 Å². The predicted octanol–water partition coefficient (Wildman–Crippen LogP) is 0.427. The fraction of sp³-hybridized carbons (Fsp3) is 0.400. The highest BCUT2D eigenvalue weighted by Crippen LogP contribution is 2.14. The van der Waals surface area contributed by atoms with Crippen LogP contribution in [0.1, 0.15) is 5.56 Å². The molecule has 7 heteroatoms. The van der Waals surface area contributed by atoms with Crippen molar-refractivity contribution in [3.05, 3.63) is 29.8 Å². The summed E-state index contributed by atoms with van der Waals surface area (Å²) in [5.41, 5.74) is 1.79. The highest BCUT2D eigenvalue weighted by Gasteiger charge is 2.25. The lowest BCUT2D eigenvalue weighted by atomic mass is 10.2. The van der Waals surface area contributed by atoms with Crippen LogP contribution in [0.4, 0.5) is 5.69 Å². The molecular formula is C15H20N2O5. The molecule has 0 saturated carbocycles. The van der Waals surface area contributed by atoms with E-state index >= 15 is 0 Å². The molecule has 0 heterocycles. The van der Waals surface area contributed by atoms with Crippen LogP contribution < -0.4 is 4.90 Å². The summed E-state index contributed by atoms with van der Waals surface area (Å²) in [5, 5.41) is 0. The van der Waals surface area contributed by atoms with Crippen LogP contribution in [-0.2, 0) is 30.4 Å². The van der Waals surface area contributed by atoms with Crippen molar-refractivity contribution in [1.29, 1.82) is 0 Å². The van der Waals surface area contributed by atoms with Gasteiger partial charge in [-0.25, -0.2) is 4.79 Å². The molecule has 7 nitrogen and oxygen atoms in total. The number of hydrogen-bond donors (Lipinski definition) is 0. The van der Waals surface area contributed by atoms with E-state index in [4.69, 9.17) is 0 Å². The van der Waals surface area contributed by atoms with E-state index in [0.29, 0.717) is 0 Å². The summed E-state index contributed by atoms with van der Waals surface area (Å²) in [6.07, 6.45) is 0. The van der Waals surface area contributed by atoms with Crippen molar-refractivity contribution in [3.63, 3.8) is 0 Å². The maximum absolute atomic E-state index is 11.9. The topological polar surface area (TPSA) is 76.2 Å². The highest BCUT2D eigenvalue weighted by atomic mass is 16.5. The van der Waals surface area contributed by atoms with Gasteiger partial charge in [0, 0.05) is 26.3 Å². The fourth-order valence-electron chi connectivity index (χ4n) is 1.76. The minimum absolute atomic E-state index is 0.108. The quantitative estimate of drug-likeness (QED) is 0.580. The molecule has 0 spiro atoms. The zero-order chi connectivity index (χ0) is 16.7. The molecule has 1 rings (SSSR count). The summed E-state index contributed by atoms with van der Waals surface area (Å²) in [4.78, 5) is 37.7. The number of methoxy groups -OCH3 is 2. The van der Waals surface area contributed by atoms with Gasteiger partial charge in [0.15, 0.2) is 0 Å². The molecule has 0 aliphatic rings. The van der Waals surface area contributed by atoms with Gasteiger partial charge in [0.25, 0.3) is 0 Å². The Morgan fingerprint density at radius 2 is 1.59 bits per heavy atom. The zero-order valence-electron chi connectivity index (χ0n) is 13.2. The number of amides is 1. The molecule has 1 amide bonds. The predicted molar refractivity (Wildman–Crippen MR) is 80.2 cm³/mol. The first kappa shape index (κ1) is 17.5. The Labute approximate surface area is 129 Å². The van der Waals surface area contributed by atoms with E-state index in [0.717, 1.165) is 23.3 Å². The van der Waals surface area contributed by atoms with E-state index in [-0.39, 0.29) is 13.1 Å². The average Bonchev–Trinajstić information content (AvgIpc) is 2.52. The van der Waals surface area contributed by atoms with Gasteiger partial charge in [-0.15, -0.1) is 0 Å². The van der Waals surface area contributed by atoms with Crippen molar-refractivity contribution >= 4 is 23.5 Å². The van der Waals surface area contributed by atoms with Gasteiger partial charge in [-0.1, -0.05) is 12.1 Å². The third kappa shape index (κ3) is 4.76. The minimum atomic E-state index is -1.02. The fourth-order valence-corrected chi connectivity index (χ4v) is 1.76. The first-order valence-electron chi connectivity index (χ1n) is 6.59. The Balaban J connectivity index is 2.89. The Hall–Kier alpha value is -2.57. The van der Waals surface area contributed by atoms with Gasteiger partial charge < -0.3 is 19.3 Å². The Kier molecular flexibility index (Phi) is 6.37. The normalized spacial score (nSPS) is 9.82. The van der Waals surface area contributed by atoms with Gasteiger partial charge in [0.05, 0.1) is 14.2 Å². The van der Waals surface area contributed by atoms with E-state index in [1.807, 2.05) is 43.3 Å². The number of rotatable bonds is 5. The van der Waals surface area contributed by atoms with E-state index in [1.165, 1.54) is 7.11 Å². The van der Waals surface area contributed by atoms with Crippen LogP contribution in [-0.4, -0.2) is 57.6 Å². The van der Waals surface area contributed by atoms with Gasteiger partial charge >= 0.3 is 17.8 Å². The first-order chi connectivity index (χ1) is 10.4. The molecular weight excluding hydrogens is 288 g/mol. The smallest absolute Gasteiger partial charge is 0.396 e. The van der Waals surface area contributed by atoms with Crippen molar-refractivity contribution in [3.8, 4) is 0 Å². The molecule has 0 saturated heterocycles. The summed E-state index contributed by atoms with van der Waals surface area (Å²) in [6, 6.07) is 7.41. The second-order valence-electron chi connectivity index (χ2n) is 4.79. The van der Waals surface area contributed by atoms with Crippen molar-refractivity contribution in [2.24, 2.45) is 0 Å². The first-order valence-corrected chi connectivity index (χ1v) is 6.59. The largest absolute Gasteiger partial charge is 0.468 e. The van der Waals surface area contributed by atoms with Crippen LogP contribution in [0.3, 0.4) is 0 Å². The van der Waals surface area contributed by atoms with Crippen molar-refractivity contribution in [2.45, 2.75) is 6.54 Å². The molecule has 120 valence electrons. The third-order valence-corrected chi connectivity index (χ3v) is 3.02. The van der Waals surface area contributed by atoms with E-state index in [2.05, 4.69) is 9.47 Å². The van der Waals surface area contributed by atoms with Gasteiger partial charge in [0.2, 0.25) is 0 Å². The van der Waals surface area contributed by atoms with Crippen LogP contribution in [0.15, 0.2) is 24.3 Å². The number of carbonyl (C=O) groups excluding carboxylic acids is 3. The maximum atomic E-state index is 11.9. The monoisotopic (exact) mass is 308 g/mol. The average molecular weight is 308 g/mol. The number of anilines is 1. The van der Waals surface area contributed by atoms with Gasteiger partial charge in [0.1, 0.15) is 6.54 Å². The summed E-state index contributed by atoms with van der Waals surface area (Å²) in [5.74, 6) is -2.51. The maximum Gasteiger partial charge on any atom is 0.396 e. The van der Waals surface area contributed by atoms with Crippen molar-refractivity contribution in [2.75, 3.05) is 39.8 Å². The van der Waals surface area contributed by atoms with Crippen LogP contribution in [0, 0.1) is 0 Å². The molecule has 0 aliphatic heterocycles. The lowest BCUT2D eigenvalue weighted by Gasteiger charge is -2.20. The Bertz CT molecular complexity index is 539. The molecule has 1 aromatic rings. The summed E-state index contributed by atoms with van der Waals surface area (Å²) >= 11 is 0. The molecule has 0 unspecified atom stereocenters. The zero-order valence-corrected chi connectivity index (χ0v) is 13.2. The molecule has 0 atom stereocenters. The molecule has 0 aromatic heterocycles. The summed E-state index contributed by atoms with van der Waals surface area (Å²) in [7, 11) is 6.16. The van der Waals surface area contributed by atoms with Gasteiger partial charge in [-0.3, -0.25) is 9.59 Å². The summed E-state index contributed by atoms with van der Waals surface area (Å²) in [6.45, 7) is -0.212. The number of hydrogen-bond acceptors (Lipinski definition) is 6. The number of ether oxygens (including phenoxy) is 2. The number of nitrogens with zero attached hydrogens (tertiary/aromatic N) is 2. The molecule has 0 radical (unpaired) electrons. The van der Waals surface area contributed by atoms with Crippen LogP contribution in [0.2, 0.25) is 0 Å². The summed E-state index contributed by atoms with van der Waals surface area (Å²) < 4.78 is 8.95. The molecule has 0 N–H and O–H groups in total. The van der Waals surface area contributed by atoms with Crippen molar-refractivity contribution in [1.82, 2.24) is 4.90 Å². The highest BCUT2D eigenvalue weighted by molar-refractivity contribution is 6.32. The number of carbonyl (C=O) groups is 3. The second kappa shape index (κ2) is 8.02. The molecule has 1 aromatic carbocycles. The number of benzene rings is 1. The van der Waals surface area contributed by atoms with E-state index in [9.17, 15) is 14.4 Å². The SMILES string of the molecule is COC(=O)CN(Cc1ccc(N(C)C)cc1)C(=O)C(=O)OC. The van der Waals surface area contributed by atoms with Gasteiger partial charge in [-0.05, 0) is 17.7 Å². The van der Waals surface area contributed by atoms with Crippen LogP contribution >= 0.6 is 0 Å². The van der Waals surface area contributed by atoms with E-state index < -0.39 is 17.8 Å². The molecule has 0 bridgehead atoms. The standard InChI is InChI=1S/C15H20N2O5/c1-16(2)12-7-5-11(6-8-12)9-17(10-13(18)21-3)14(19)15(20)22-4/h5-8H,9-10H2,1-4H3. The van der Waals surface area contributed by atoms with Gasteiger partial charge in [-0.2, -0.15) is 0 Å². The third-order valence-electron chi connectivity index (χ3n) is 3.02. The molecule has 22 heavy (non-hydrogen) atoms. The second-order valence-corrected chi connectivity index (χ2v) is 4.79. The Morgan fingerprint density at radius 1 is 1.00 bits per heavy atom. The van der Waals surface area contributed by atoms with Crippen molar-refractivity contribution < 1.29 is 23.9 Å². The number of esters is 2.